The van der Waals surface area contributed by atoms with Gasteiger partial charge in [0, 0.05) is 36.9 Å². The van der Waals surface area contributed by atoms with E-state index in [-0.39, 0.29) is 18.4 Å². The number of carbonyl (C=O) groups is 2. The third-order valence-electron chi connectivity index (χ3n) is 4.12. The topological polar surface area (TPSA) is 67.5 Å². The second-order valence-electron chi connectivity index (χ2n) is 6.29. The van der Waals surface area contributed by atoms with Crippen molar-refractivity contribution in [1.82, 2.24) is 9.47 Å². The van der Waals surface area contributed by atoms with Crippen LogP contribution in [0.4, 0.5) is 5.69 Å². The van der Waals surface area contributed by atoms with E-state index >= 15 is 0 Å². The van der Waals surface area contributed by atoms with E-state index in [0.717, 1.165) is 10.9 Å². The van der Waals surface area contributed by atoms with Crippen molar-refractivity contribution in [3.63, 3.8) is 0 Å². The molecule has 1 aromatic carbocycles. The fourth-order valence-corrected chi connectivity index (χ4v) is 2.76. The molecule has 3 aromatic rings. The van der Waals surface area contributed by atoms with Gasteiger partial charge in [-0.1, -0.05) is 0 Å². The molecule has 0 radical (unpaired) electrons. The zero-order valence-corrected chi connectivity index (χ0v) is 14.8. The normalized spacial score (nSPS) is 10.9. The van der Waals surface area contributed by atoms with Crippen molar-refractivity contribution in [3.05, 3.63) is 53.6 Å². The molecular weight excluding hydrogens is 318 g/mol. The summed E-state index contributed by atoms with van der Waals surface area (Å²) in [7, 11) is 3.47. The molecule has 0 atom stereocenters. The molecule has 0 spiro atoms. The van der Waals surface area contributed by atoms with Crippen LogP contribution in [0, 0.1) is 13.8 Å². The number of carbonyl (C=O) groups excluding carboxylic acids is 2. The number of amides is 2. The Bertz CT molecular complexity index is 950. The molecule has 130 valence electrons. The standard InChI is InChI=1S/C19H21N3O3/c1-12-9-16(13(2)25-12)19(24)20-15-5-6-17-14(10-15)7-8-22(17)11-18(23)21(3)4/h5-10H,11H2,1-4H3,(H,20,24). The van der Waals surface area contributed by atoms with Crippen LogP contribution in [-0.4, -0.2) is 35.4 Å². The summed E-state index contributed by atoms with van der Waals surface area (Å²) in [6, 6.07) is 9.29. The van der Waals surface area contributed by atoms with Crippen LogP contribution in [0.5, 0.6) is 0 Å². The van der Waals surface area contributed by atoms with Gasteiger partial charge in [-0.15, -0.1) is 0 Å². The Hall–Kier alpha value is -3.02. The number of nitrogens with zero attached hydrogens (tertiary/aromatic N) is 2. The lowest BCUT2D eigenvalue weighted by Crippen LogP contribution is -2.25. The predicted molar refractivity (Wildman–Crippen MR) is 96.8 cm³/mol. The third kappa shape index (κ3) is 3.42. The molecule has 0 aliphatic carbocycles. The Labute approximate surface area is 146 Å². The Morgan fingerprint density at radius 2 is 1.92 bits per heavy atom. The molecule has 0 unspecified atom stereocenters. The first kappa shape index (κ1) is 16.8. The highest BCUT2D eigenvalue weighted by Gasteiger charge is 2.14. The van der Waals surface area contributed by atoms with Crippen LogP contribution in [0.25, 0.3) is 10.9 Å². The Balaban J connectivity index is 1.81. The maximum Gasteiger partial charge on any atom is 0.259 e. The maximum atomic E-state index is 12.4. The van der Waals surface area contributed by atoms with Gasteiger partial charge in [0.15, 0.2) is 0 Å². The average molecular weight is 339 g/mol. The van der Waals surface area contributed by atoms with E-state index in [0.29, 0.717) is 22.8 Å². The molecular formula is C19H21N3O3. The molecule has 3 rings (SSSR count). The molecule has 0 aliphatic heterocycles. The van der Waals surface area contributed by atoms with Gasteiger partial charge in [-0.3, -0.25) is 9.59 Å². The number of rotatable bonds is 4. The summed E-state index contributed by atoms with van der Waals surface area (Å²) in [6.07, 6.45) is 1.88. The van der Waals surface area contributed by atoms with E-state index in [9.17, 15) is 9.59 Å². The molecule has 0 saturated heterocycles. The van der Waals surface area contributed by atoms with Crippen LogP contribution in [0.3, 0.4) is 0 Å². The average Bonchev–Trinajstić information content (AvgIpc) is 3.10. The Kier molecular flexibility index (Phi) is 4.35. The largest absolute Gasteiger partial charge is 0.466 e. The minimum atomic E-state index is -0.198. The van der Waals surface area contributed by atoms with E-state index in [1.165, 1.54) is 0 Å². The van der Waals surface area contributed by atoms with Crippen LogP contribution in [0.2, 0.25) is 0 Å². The van der Waals surface area contributed by atoms with Crippen molar-refractivity contribution >= 4 is 28.4 Å². The number of hydrogen-bond donors (Lipinski definition) is 1. The highest BCUT2D eigenvalue weighted by atomic mass is 16.3. The summed E-state index contributed by atoms with van der Waals surface area (Å²) in [4.78, 5) is 25.8. The molecule has 0 saturated carbocycles. The number of fused-ring (bicyclic) bond motifs is 1. The van der Waals surface area contributed by atoms with Crippen LogP contribution in [-0.2, 0) is 11.3 Å². The molecule has 25 heavy (non-hydrogen) atoms. The first-order valence-corrected chi connectivity index (χ1v) is 8.02. The van der Waals surface area contributed by atoms with Crippen molar-refractivity contribution < 1.29 is 14.0 Å². The predicted octanol–water partition coefficient (Wildman–Crippen LogP) is 3.19. The number of hydrogen-bond acceptors (Lipinski definition) is 3. The van der Waals surface area contributed by atoms with Crippen molar-refractivity contribution in [2.45, 2.75) is 20.4 Å². The summed E-state index contributed by atoms with van der Waals surface area (Å²) in [5, 5.41) is 3.85. The van der Waals surface area contributed by atoms with Crippen molar-refractivity contribution in [1.29, 1.82) is 0 Å². The smallest absolute Gasteiger partial charge is 0.259 e. The van der Waals surface area contributed by atoms with E-state index in [1.54, 1.807) is 32.0 Å². The zero-order valence-electron chi connectivity index (χ0n) is 14.8. The van der Waals surface area contributed by atoms with E-state index in [2.05, 4.69) is 5.32 Å². The molecule has 0 bridgehead atoms. The quantitative estimate of drug-likeness (QED) is 0.794. The lowest BCUT2D eigenvalue weighted by atomic mass is 10.2. The third-order valence-corrected chi connectivity index (χ3v) is 4.12. The van der Waals surface area contributed by atoms with Crippen molar-refractivity contribution in [2.24, 2.45) is 0 Å². The second-order valence-corrected chi connectivity index (χ2v) is 6.29. The summed E-state index contributed by atoms with van der Waals surface area (Å²) in [5.74, 6) is 1.14. The SMILES string of the molecule is Cc1cc(C(=O)Nc2ccc3c(ccn3CC(=O)N(C)C)c2)c(C)o1. The lowest BCUT2D eigenvalue weighted by Gasteiger charge is -2.12. The first-order valence-electron chi connectivity index (χ1n) is 8.02. The fraction of sp³-hybridized carbons (Fsp3) is 0.263. The van der Waals surface area contributed by atoms with Crippen LogP contribution in [0.15, 0.2) is 40.9 Å². The molecule has 1 N–H and O–H groups in total. The summed E-state index contributed by atoms with van der Waals surface area (Å²) in [6.45, 7) is 3.87. The van der Waals surface area contributed by atoms with E-state index in [4.69, 9.17) is 4.42 Å². The number of furan rings is 1. The van der Waals surface area contributed by atoms with E-state index in [1.807, 2.05) is 42.0 Å². The minimum absolute atomic E-state index is 0.0284. The van der Waals surface area contributed by atoms with Gasteiger partial charge < -0.3 is 19.2 Å². The van der Waals surface area contributed by atoms with Crippen LogP contribution in [0.1, 0.15) is 21.9 Å². The zero-order chi connectivity index (χ0) is 18.1. The summed E-state index contributed by atoms with van der Waals surface area (Å²) < 4.78 is 7.30. The van der Waals surface area contributed by atoms with Crippen molar-refractivity contribution in [2.75, 3.05) is 19.4 Å². The first-order chi connectivity index (χ1) is 11.8. The van der Waals surface area contributed by atoms with Crippen molar-refractivity contribution in [3.8, 4) is 0 Å². The number of anilines is 1. The number of likely N-dealkylation sites (N-methyl/N-ethyl adjacent to an activating group) is 1. The monoisotopic (exact) mass is 339 g/mol. The van der Waals surface area contributed by atoms with Gasteiger partial charge in [-0.25, -0.2) is 0 Å². The molecule has 2 heterocycles. The lowest BCUT2D eigenvalue weighted by molar-refractivity contribution is -0.129. The molecule has 2 aromatic heterocycles. The van der Waals surface area contributed by atoms with Gasteiger partial charge in [0.2, 0.25) is 5.91 Å². The highest BCUT2D eigenvalue weighted by molar-refractivity contribution is 6.05. The number of aryl methyl sites for hydroxylation is 2. The molecule has 6 heteroatoms. The molecule has 0 fully saturated rings. The second kappa shape index (κ2) is 6.47. The van der Waals surface area contributed by atoms with Gasteiger partial charge >= 0.3 is 0 Å². The van der Waals surface area contributed by atoms with Gasteiger partial charge in [-0.2, -0.15) is 0 Å². The number of aromatic nitrogens is 1. The van der Waals surface area contributed by atoms with Crippen LogP contribution >= 0.6 is 0 Å². The highest BCUT2D eigenvalue weighted by Crippen LogP contribution is 2.22. The van der Waals surface area contributed by atoms with Gasteiger partial charge in [0.05, 0.1) is 5.56 Å². The Morgan fingerprint density at radius 1 is 1.16 bits per heavy atom. The number of benzene rings is 1. The van der Waals surface area contributed by atoms with Gasteiger partial charge in [0.1, 0.15) is 18.1 Å². The summed E-state index contributed by atoms with van der Waals surface area (Å²) >= 11 is 0. The maximum absolute atomic E-state index is 12.4. The molecule has 0 aliphatic rings. The fourth-order valence-electron chi connectivity index (χ4n) is 2.76. The van der Waals surface area contributed by atoms with Crippen LogP contribution < -0.4 is 5.32 Å². The van der Waals surface area contributed by atoms with Gasteiger partial charge in [0.25, 0.3) is 5.91 Å². The van der Waals surface area contributed by atoms with E-state index < -0.39 is 0 Å². The summed E-state index contributed by atoms with van der Waals surface area (Å²) in [5.41, 5.74) is 2.18. The molecule has 2 amide bonds. The number of nitrogens with one attached hydrogen (secondary N) is 1. The molecule has 6 nitrogen and oxygen atoms in total. The Morgan fingerprint density at radius 3 is 2.56 bits per heavy atom. The minimum Gasteiger partial charge on any atom is -0.466 e. The van der Waals surface area contributed by atoms with Gasteiger partial charge in [-0.05, 0) is 44.2 Å².